The first-order chi connectivity index (χ1) is 13.5. The van der Waals surface area contributed by atoms with Crippen LogP contribution in [0.1, 0.15) is 18.9 Å². The average Bonchev–Trinajstić information content (AvgIpc) is 3.11. The largest absolute Gasteiger partial charge is 0.465 e. The number of aromatic nitrogens is 2. The van der Waals surface area contributed by atoms with Gasteiger partial charge in [-0.25, -0.2) is 9.78 Å². The van der Waals surface area contributed by atoms with Crippen LogP contribution in [0.3, 0.4) is 0 Å². The van der Waals surface area contributed by atoms with E-state index in [0.717, 1.165) is 39.0 Å². The summed E-state index contributed by atoms with van der Waals surface area (Å²) in [5.74, 6) is -0.113. The molecule has 0 saturated carbocycles. The Morgan fingerprint density at radius 1 is 1.25 bits per heavy atom. The van der Waals surface area contributed by atoms with Gasteiger partial charge in [-0.05, 0) is 35.8 Å². The first-order valence-corrected chi connectivity index (χ1v) is 9.03. The molecule has 1 aliphatic rings. The number of amides is 2. The topological polar surface area (TPSA) is 98.3 Å². The van der Waals surface area contributed by atoms with Crippen molar-refractivity contribution in [2.75, 3.05) is 18.4 Å². The molecule has 3 N–H and O–H groups in total. The van der Waals surface area contributed by atoms with Gasteiger partial charge in [0, 0.05) is 54.6 Å². The lowest BCUT2D eigenvalue weighted by atomic mass is 9.98. The van der Waals surface area contributed by atoms with E-state index >= 15 is 0 Å². The van der Waals surface area contributed by atoms with Crippen molar-refractivity contribution in [1.82, 2.24) is 14.9 Å². The highest BCUT2D eigenvalue weighted by Crippen LogP contribution is 2.32. The molecule has 3 aromatic rings. The third-order valence-corrected chi connectivity index (χ3v) is 4.87. The molecule has 0 atom stereocenters. The molecule has 0 unspecified atom stereocenters. The molecular weight excluding hydrogens is 356 g/mol. The Labute approximate surface area is 161 Å². The first-order valence-electron chi connectivity index (χ1n) is 9.03. The first kappa shape index (κ1) is 17.8. The monoisotopic (exact) mass is 376 g/mol. The van der Waals surface area contributed by atoms with Crippen molar-refractivity contribution >= 4 is 34.3 Å². The summed E-state index contributed by atoms with van der Waals surface area (Å²) >= 11 is 0. The lowest BCUT2D eigenvalue weighted by molar-refractivity contribution is -0.114. The molecule has 0 bridgehead atoms. The van der Waals surface area contributed by atoms with Crippen LogP contribution in [-0.2, 0) is 4.79 Å². The molecule has 0 aliphatic carbocycles. The van der Waals surface area contributed by atoms with Crippen LogP contribution < -0.4 is 5.32 Å². The predicted octanol–water partition coefficient (Wildman–Crippen LogP) is 3.96. The Kier molecular flexibility index (Phi) is 4.57. The molecule has 4 rings (SSSR count). The Bertz CT molecular complexity index is 1100. The molecule has 142 valence electrons. The zero-order valence-electron chi connectivity index (χ0n) is 15.4. The van der Waals surface area contributed by atoms with E-state index in [4.69, 9.17) is 5.11 Å². The summed E-state index contributed by atoms with van der Waals surface area (Å²) < 4.78 is 0. The number of fused-ring (bicyclic) bond motifs is 1. The van der Waals surface area contributed by atoms with Crippen molar-refractivity contribution < 1.29 is 14.7 Å². The highest BCUT2D eigenvalue weighted by Gasteiger charge is 2.19. The van der Waals surface area contributed by atoms with Gasteiger partial charge in [-0.1, -0.05) is 18.2 Å². The van der Waals surface area contributed by atoms with Crippen molar-refractivity contribution in [3.63, 3.8) is 0 Å². The molecule has 0 saturated heterocycles. The van der Waals surface area contributed by atoms with E-state index in [0.29, 0.717) is 19.5 Å². The van der Waals surface area contributed by atoms with Crippen molar-refractivity contribution in [2.24, 2.45) is 0 Å². The molecule has 1 aliphatic heterocycles. The molecule has 7 nitrogen and oxygen atoms in total. The van der Waals surface area contributed by atoms with Crippen LogP contribution in [-0.4, -0.2) is 45.1 Å². The van der Waals surface area contributed by atoms with E-state index in [1.54, 1.807) is 6.20 Å². The minimum atomic E-state index is -0.891. The van der Waals surface area contributed by atoms with Gasteiger partial charge in [-0.2, -0.15) is 0 Å². The Morgan fingerprint density at radius 3 is 2.82 bits per heavy atom. The van der Waals surface area contributed by atoms with E-state index in [2.05, 4.69) is 21.4 Å². The summed E-state index contributed by atoms with van der Waals surface area (Å²) in [6, 6.07) is 9.71. The number of rotatable bonds is 3. The molecule has 7 heteroatoms. The van der Waals surface area contributed by atoms with Gasteiger partial charge in [0.1, 0.15) is 5.65 Å². The van der Waals surface area contributed by atoms with E-state index in [1.165, 1.54) is 11.8 Å². The molecule has 2 aromatic heterocycles. The molecular formula is C21H20N4O3. The van der Waals surface area contributed by atoms with E-state index in [9.17, 15) is 9.59 Å². The predicted molar refractivity (Wildman–Crippen MR) is 108 cm³/mol. The quantitative estimate of drug-likeness (QED) is 0.644. The number of carbonyl (C=O) groups excluding carboxylic acids is 1. The van der Waals surface area contributed by atoms with Gasteiger partial charge in [0.2, 0.25) is 5.91 Å². The zero-order chi connectivity index (χ0) is 19.7. The third-order valence-electron chi connectivity index (χ3n) is 4.87. The van der Waals surface area contributed by atoms with Crippen molar-refractivity contribution in [2.45, 2.75) is 13.3 Å². The van der Waals surface area contributed by atoms with Crippen LogP contribution in [0.25, 0.3) is 27.7 Å². The molecule has 0 spiro atoms. The van der Waals surface area contributed by atoms with Crippen LogP contribution in [0.2, 0.25) is 0 Å². The van der Waals surface area contributed by atoms with E-state index < -0.39 is 6.09 Å². The lowest BCUT2D eigenvalue weighted by Gasteiger charge is -2.23. The molecule has 3 heterocycles. The van der Waals surface area contributed by atoms with Gasteiger partial charge >= 0.3 is 6.09 Å². The number of H-pyrrole nitrogens is 1. The number of carbonyl (C=O) groups is 2. The van der Waals surface area contributed by atoms with Crippen LogP contribution in [0.5, 0.6) is 0 Å². The third kappa shape index (κ3) is 3.46. The van der Waals surface area contributed by atoms with Crippen molar-refractivity contribution in [3.05, 3.63) is 54.4 Å². The SMILES string of the molecule is CC(=O)Nc1cccc(-c2cnc3[nH]cc(C4=CCN(C(=O)O)CC4)c3c2)c1. The zero-order valence-corrected chi connectivity index (χ0v) is 15.4. The van der Waals surface area contributed by atoms with E-state index in [1.807, 2.05) is 36.5 Å². The second kappa shape index (κ2) is 7.19. The number of anilines is 1. The second-order valence-corrected chi connectivity index (χ2v) is 6.79. The van der Waals surface area contributed by atoms with Gasteiger partial charge in [0.15, 0.2) is 0 Å². The van der Waals surface area contributed by atoms with Gasteiger partial charge in [-0.15, -0.1) is 0 Å². The van der Waals surface area contributed by atoms with Gasteiger partial charge in [-0.3, -0.25) is 4.79 Å². The fourth-order valence-corrected chi connectivity index (χ4v) is 3.49. The van der Waals surface area contributed by atoms with Gasteiger partial charge in [0.05, 0.1) is 0 Å². The Morgan fingerprint density at radius 2 is 2.11 bits per heavy atom. The number of aromatic amines is 1. The Hall–Kier alpha value is -3.61. The molecule has 0 fully saturated rings. The number of hydrogen-bond acceptors (Lipinski definition) is 3. The number of benzene rings is 1. The maximum absolute atomic E-state index is 11.3. The maximum atomic E-state index is 11.3. The summed E-state index contributed by atoms with van der Waals surface area (Å²) in [4.78, 5) is 31.5. The normalized spacial score (nSPS) is 14.0. The molecule has 28 heavy (non-hydrogen) atoms. The van der Waals surface area contributed by atoms with Crippen LogP contribution in [0.15, 0.2) is 48.8 Å². The fourth-order valence-electron chi connectivity index (χ4n) is 3.49. The van der Waals surface area contributed by atoms with E-state index in [-0.39, 0.29) is 5.91 Å². The standard InChI is InChI=1S/C21H20N4O3/c1-13(26)24-17-4-2-3-15(9-17)16-10-18-19(12-23-20(18)22-11-16)14-5-7-25(8-6-14)21(27)28/h2-5,9-12H,6-8H2,1H3,(H,22,23)(H,24,26)(H,27,28). The molecule has 1 aromatic carbocycles. The highest BCUT2D eigenvalue weighted by atomic mass is 16.4. The summed E-state index contributed by atoms with van der Waals surface area (Å²) in [6.45, 7) is 2.36. The number of nitrogens with one attached hydrogen (secondary N) is 2. The number of nitrogens with zero attached hydrogens (tertiary/aromatic N) is 2. The van der Waals surface area contributed by atoms with Gasteiger partial charge in [0.25, 0.3) is 0 Å². The smallest absolute Gasteiger partial charge is 0.407 e. The Balaban J connectivity index is 1.69. The fraction of sp³-hybridized carbons (Fsp3) is 0.190. The second-order valence-electron chi connectivity index (χ2n) is 6.79. The summed E-state index contributed by atoms with van der Waals surface area (Å²) in [5.41, 5.74) is 5.61. The van der Waals surface area contributed by atoms with Crippen molar-refractivity contribution in [1.29, 1.82) is 0 Å². The maximum Gasteiger partial charge on any atom is 0.407 e. The van der Waals surface area contributed by atoms with Crippen molar-refractivity contribution in [3.8, 4) is 11.1 Å². The van der Waals surface area contributed by atoms with Crippen LogP contribution in [0, 0.1) is 0 Å². The van der Waals surface area contributed by atoms with Gasteiger partial charge < -0.3 is 20.3 Å². The lowest BCUT2D eigenvalue weighted by Crippen LogP contribution is -2.33. The summed E-state index contributed by atoms with van der Waals surface area (Å²) in [6.07, 6.45) is 5.47. The average molecular weight is 376 g/mol. The van der Waals surface area contributed by atoms with Crippen LogP contribution in [0.4, 0.5) is 10.5 Å². The minimum Gasteiger partial charge on any atom is -0.465 e. The summed E-state index contributed by atoms with van der Waals surface area (Å²) in [5, 5.41) is 12.9. The van der Waals surface area contributed by atoms with Crippen LogP contribution >= 0.6 is 0 Å². The number of hydrogen-bond donors (Lipinski definition) is 3. The number of pyridine rings is 1. The number of carboxylic acid groups (broad SMARTS) is 1. The highest BCUT2D eigenvalue weighted by molar-refractivity contribution is 5.94. The minimum absolute atomic E-state index is 0.113. The molecule has 0 radical (unpaired) electrons. The summed E-state index contributed by atoms with van der Waals surface area (Å²) in [7, 11) is 0. The molecule has 2 amide bonds.